The van der Waals surface area contributed by atoms with Gasteiger partial charge in [0.05, 0.1) is 16.7 Å². The zero-order valence-electron chi connectivity index (χ0n) is 18.7. The zero-order valence-corrected chi connectivity index (χ0v) is 18.7. The molecular weight excluding hydrogens is 460 g/mol. The topological polar surface area (TPSA) is 107 Å². The molecular formula is C25H23F2N3O5. The van der Waals surface area contributed by atoms with E-state index < -0.39 is 46.9 Å². The van der Waals surface area contributed by atoms with Gasteiger partial charge in [0.15, 0.2) is 0 Å². The molecule has 0 aromatic heterocycles. The third-order valence-corrected chi connectivity index (χ3v) is 7.06. The number of carbonyl (C=O) groups excluding carboxylic acids is 4. The van der Waals surface area contributed by atoms with Crippen LogP contribution in [0.5, 0.6) is 0 Å². The Morgan fingerprint density at radius 3 is 2.40 bits per heavy atom. The van der Waals surface area contributed by atoms with Gasteiger partial charge in [-0.25, -0.2) is 8.78 Å². The minimum atomic E-state index is -1.27. The fourth-order valence-corrected chi connectivity index (χ4v) is 5.04. The predicted octanol–water partition coefficient (Wildman–Crippen LogP) is 1.85. The molecule has 182 valence electrons. The highest BCUT2D eigenvalue weighted by molar-refractivity contribution is 6.23. The summed E-state index contributed by atoms with van der Waals surface area (Å²) >= 11 is 0. The van der Waals surface area contributed by atoms with Crippen LogP contribution in [0.3, 0.4) is 0 Å². The SMILES string of the molecule is O=C1CCC(N2C(=O)c3ccc(C4(O)CCN(Cc5cc(F)ccc5F)CC4)cc3C2=O)C(=O)N1. The molecule has 3 heterocycles. The number of carbonyl (C=O) groups is 4. The first-order valence-electron chi connectivity index (χ1n) is 11.4. The number of aliphatic hydroxyl groups is 1. The molecule has 35 heavy (non-hydrogen) atoms. The summed E-state index contributed by atoms with van der Waals surface area (Å²) in [7, 11) is 0. The Balaban J connectivity index is 1.31. The molecule has 5 rings (SSSR count). The van der Waals surface area contributed by atoms with Crippen LogP contribution in [0.2, 0.25) is 0 Å². The lowest BCUT2D eigenvalue weighted by Gasteiger charge is -2.38. The van der Waals surface area contributed by atoms with Crippen molar-refractivity contribution < 1.29 is 33.1 Å². The normalized spacial score (nSPS) is 22.4. The van der Waals surface area contributed by atoms with Gasteiger partial charge < -0.3 is 5.11 Å². The Morgan fingerprint density at radius 2 is 1.69 bits per heavy atom. The lowest BCUT2D eigenvalue weighted by atomic mass is 9.83. The fourth-order valence-electron chi connectivity index (χ4n) is 5.04. The Morgan fingerprint density at radius 1 is 0.971 bits per heavy atom. The summed E-state index contributed by atoms with van der Waals surface area (Å²) in [5.41, 5.74) is -0.303. The van der Waals surface area contributed by atoms with Crippen molar-refractivity contribution in [2.45, 2.75) is 43.9 Å². The van der Waals surface area contributed by atoms with E-state index in [9.17, 15) is 33.1 Å². The molecule has 0 saturated carbocycles. The van der Waals surface area contributed by atoms with Crippen LogP contribution in [0.25, 0.3) is 0 Å². The highest BCUT2D eigenvalue weighted by Gasteiger charge is 2.45. The zero-order chi connectivity index (χ0) is 24.9. The number of likely N-dealkylation sites (tertiary alicyclic amines) is 1. The third-order valence-electron chi connectivity index (χ3n) is 7.06. The molecule has 2 fully saturated rings. The van der Waals surface area contributed by atoms with Crippen LogP contribution in [-0.4, -0.2) is 57.7 Å². The quantitative estimate of drug-likeness (QED) is 0.643. The average molecular weight is 483 g/mol. The van der Waals surface area contributed by atoms with E-state index in [1.807, 2.05) is 4.90 Å². The Labute approximate surface area is 199 Å². The first kappa shape index (κ1) is 23.3. The number of amides is 4. The monoisotopic (exact) mass is 483 g/mol. The number of halogens is 2. The van der Waals surface area contributed by atoms with Gasteiger partial charge in [0, 0.05) is 31.6 Å². The first-order valence-corrected chi connectivity index (χ1v) is 11.4. The lowest BCUT2D eigenvalue weighted by Crippen LogP contribution is -2.54. The van der Waals surface area contributed by atoms with E-state index in [2.05, 4.69) is 5.32 Å². The molecule has 1 atom stereocenters. The van der Waals surface area contributed by atoms with Crippen LogP contribution < -0.4 is 5.32 Å². The summed E-state index contributed by atoms with van der Waals surface area (Å²) in [5.74, 6) is -3.38. The number of piperidine rings is 2. The summed E-state index contributed by atoms with van der Waals surface area (Å²) in [6.07, 6.45) is 0.683. The van der Waals surface area contributed by atoms with E-state index in [-0.39, 0.29) is 36.1 Å². The molecule has 2 saturated heterocycles. The molecule has 8 nitrogen and oxygen atoms in total. The van der Waals surface area contributed by atoms with E-state index in [1.54, 1.807) is 6.07 Å². The minimum absolute atomic E-state index is 0.0326. The highest BCUT2D eigenvalue weighted by Crippen LogP contribution is 2.37. The highest BCUT2D eigenvalue weighted by atomic mass is 19.1. The molecule has 0 bridgehead atoms. The van der Waals surface area contributed by atoms with E-state index in [1.165, 1.54) is 12.1 Å². The van der Waals surface area contributed by atoms with Crippen molar-refractivity contribution in [3.05, 3.63) is 70.3 Å². The second-order valence-electron chi connectivity index (χ2n) is 9.25. The largest absolute Gasteiger partial charge is 0.385 e. The standard InChI is InChI=1S/C25H23F2N3O5/c26-16-2-4-19(27)14(11-16)13-29-9-7-25(35,8-10-29)15-1-3-17-18(12-15)24(34)30(23(17)33)20-5-6-21(31)28-22(20)32/h1-4,11-12,20,35H,5-10,13H2,(H,28,31,32). The van der Waals surface area contributed by atoms with Gasteiger partial charge in [0.1, 0.15) is 17.7 Å². The predicted molar refractivity (Wildman–Crippen MR) is 118 cm³/mol. The van der Waals surface area contributed by atoms with Gasteiger partial charge in [-0.15, -0.1) is 0 Å². The van der Waals surface area contributed by atoms with E-state index in [0.29, 0.717) is 31.5 Å². The second-order valence-corrected chi connectivity index (χ2v) is 9.25. The molecule has 0 spiro atoms. The number of rotatable bonds is 4. The lowest BCUT2D eigenvalue weighted by molar-refractivity contribution is -0.136. The number of benzene rings is 2. The van der Waals surface area contributed by atoms with E-state index >= 15 is 0 Å². The Kier molecular flexibility index (Phi) is 5.72. The fraction of sp³-hybridized carbons (Fsp3) is 0.360. The second kappa shape index (κ2) is 8.62. The maximum absolute atomic E-state index is 14.0. The maximum atomic E-state index is 14.0. The van der Waals surface area contributed by atoms with Crippen molar-refractivity contribution in [3.63, 3.8) is 0 Å². The van der Waals surface area contributed by atoms with Gasteiger partial charge in [0.2, 0.25) is 11.8 Å². The summed E-state index contributed by atoms with van der Waals surface area (Å²) in [5, 5.41) is 13.5. The van der Waals surface area contributed by atoms with Crippen molar-refractivity contribution in [2.24, 2.45) is 0 Å². The molecule has 3 aliphatic rings. The summed E-state index contributed by atoms with van der Waals surface area (Å²) in [6.45, 7) is 1.04. The van der Waals surface area contributed by atoms with Crippen LogP contribution >= 0.6 is 0 Å². The smallest absolute Gasteiger partial charge is 0.262 e. The molecule has 2 aromatic carbocycles. The number of nitrogens with zero attached hydrogens (tertiary/aromatic N) is 2. The molecule has 3 aliphatic heterocycles. The summed E-state index contributed by atoms with van der Waals surface area (Å²) in [6, 6.07) is 6.82. The van der Waals surface area contributed by atoms with Gasteiger partial charge >= 0.3 is 0 Å². The average Bonchev–Trinajstić information content (AvgIpc) is 3.07. The molecule has 2 N–H and O–H groups in total. The van der Waals surface area contributed by atoms with Gasteiger partial charge in [0.25, 0.3) is 11.8 Å². The maximum Gasteiger partial charge on any atom is 0.262 e. The van der Waals surface area contributed by atoms with Gasteiger partial charge in [-0.2, -0.15) is 0 Å². The van der Waals surface area contributed by atoms with Crippen molar-refractivity contribution in [3.8, 4) is 0 Å². The van der Waals surface area contributed by atoms with Crippen molar-refractivity contribution >= 4 is 23.6 Å². The van der Waals surface area contributed by atoms with Gasteiger partial charge in [-0.3, -0.25) is 34.3 Å². The van der Waals surface area contributed by atoms with Crippen molar-refractivity contribution in [1.29, 1.82) is 0 Å². The number of fused-ring (bicyclic) bond motifs is 1. The van der Waals surface area contributed by atoms with E-state index in [4.69, 9.17) is 0 Å². The van der Waals surface area contributed by atoms with Gasteiger partial charge in [-0.1, -0.05) is 6.07 Å². The molecule has 10 heteroatoms. The number of nitrogens with one attached hydrogen (secondary N) is 1. The first-order chi connectivity index (χ1) is 16.7. The number of imide groups is 2. The van der Waals surface area contributed by atoms with Crippen LogP contribution in [0, 0.1) is 11.6 Å². The van der Waals surface area contributed by atoms with Crippen LogP contribution in [0.15, 0.2) is 36.4 Å². The Bertz CT molecular complexity index is 1260. The third kappa shape index (κ3) is 4.12. The summed E-state index contributed by atoms with van der Waals surface area (Å²) in [4.78, 5) is 52.4. The number of hydrogen-bond donors (Lipinski definition) is 2. The molecule has 4 amide bonds. The molecule has 2 aromatic rings. The minimum Gasteiger partial charge on any atom is -0.385 e. The van der Waals surface area contributed by atoms with Crippen LogP contribution in [-0.2, 0) is 21.7 Å². The molecule has 0 aliphatic carbocycles. The van der Waals surface area contributed by atoms with Crippen LogP contribution in [0.1, 0.15) is 57.5 Å². The van der Waals surface area contributed by atoms with Gasteiger partial charge in [-0.05, 0) is 55.2 Å². The molecule has 0 radical (unpaired) electrons. The summed E-state index contributed by atoms with van der Waals surface area (Å²) < 4.78 is 27.5. The van der Waals surface area contributed by atoms with Crippen LogP contribution in [0.4, 0.5) is 8.78 Å². The van der Waals surface area contributed by atoms with E-state index in [0.717, 1.165) is 23.1 Å². The molecule has 1 unspecified atom stereocenters. The van der Waals surface area contributed by atoms with Crippen molar-refractivity contribution in [2.75, 3.05) is 13.1 Å². The Hall–Kier alpha value is -3.50. The number of hydrogen-bond acceptors (Lipinski definition) is 6. The van der Waals surface area contributed by atoms with Crippen molar-refractivity contribution in [1.82, 2.24) is 15.1 Å².